The van der Waals surface area contributed by atoms with Crippen molar-refractivity contribution >= 4 is 52.2 Å². The van der Waals surface area contributed by atoms with Gasteiger partial charge < -0.3 is 20.3 Å². The Labute approximate surface area is 236 Å². The minimum Gasteiger partial charge on any atom is -0.383 e. The number of halogens is 2. The van der Waals surface area contributed by atoms with Gasteiger partial charge in [0.2, 0.25) is 0 Å². The van der Waals surface area contributed by atoms with Crippen molar-refractivity contribution in [2.24, 2.45) is 0 Å². The molecule has 38 heavy (non-hydrogen) atoms. The van der Waals surface area contributed by atoms with E-state index in [0.29, 0.717) is 39.6 Å². The second-order valence-electron chi connectivity index (χ2n) is 9.11. The van der Waals surface area contributed by atoms with Crippen molar-refractivity contribution in [3.8, 4) is 0 Å². The van der Waals surface area contributed by atoms with Crippen LogP contribution in [0, 0.1) is 0 Å². The van der Waals surface area contributed by atoms with Crippen LogP contribution in [0.4, 0.5) is 10.5 Å². The van der Waals surface area contributed by atoms with Crippen LogP contribution in [-0.2, 0) is 17.8 Å². The van der Waals surface area contributed by atoms with Crippen molar-refractivity contribution in [1.29, 1.82) is 0 Å². The Morgan fingerprint density at radius 1 is 1.13 bits per heavy atom. The third-order valence-corrected chi connectivity index (χ3v) is 7.88. The summed E-state index contributed by atoms with van der Waals surface area (Å²) in [5.41, 5.74) is 2.20. The van der Waals surface area contributed by atoms with Crippen molar-refractivity contribution in [2.45, 2.75) is 32.0 Å². The fourth-order valence-corrected chi connectivity index (χ4v) is 5.30. The molecule has 202 valence electrons. The molecule has 0 radical (unpaired) electrons. The normalized spacial score (nSPS) is 14.3. The number of likely N-dealkylation sites (tertiary alicyclic amines) is 1. The molecular formula is C27H31Cl2N5O3S. The van der Waals surface area contributed by atoms with Crippen molar-refractivity contribution in [2.75, 3.05) is 38.7 Å². The fourth-order valence-electron chi connectivity index (χ4n) is 4.22. The average molecular weight is 577 g/mol. The SMILES string of the molecule is COCCN(Cc1nc(C(=O)NC2CCN(Cc3ccccc3)CC2)cs1)C(=O)Nc1ccc(Cl)c(Cl)c1. The lowest BCUT2D eigenvalue weighted by atomic mass is 10.0. The minimum absolute atomic E-state index is 0.120. The highest BCUT2D eigenvalue weighted by Crippen LogP contribution is 2.25. The van der Waals surface area contributed by atoms with Gasteiger partial charge in [0.05, 0.1) is 23.2 Å². The van der Waals surface area contributed by atoms with Crippen LogP contribution in [-0.4, -0.2) is 66.1 Å². The van der Waals surface area contributed by atoms with Gasteiger partial charge in [0.15, 0.2) is 0 Å². The van der Waals surface area contributed by atoms with E-state index < -0.39 is 0 Å². The number of amides is 3. The zero-order valence-corrected chi connectivity index (χ0v) is 23.5. The number of methoxy groups -OCH3 is 1. The number of piperidine rings is 1. The van der Waals surface area contributed by atoms with Gasteiger partial charge in [-0.2, -0.15) is 0 Å². The Kier molecular flexibility index (Phi) is 10.4. The molecule has 0 saturated carbocycles. The van der Waals surface area contributed by atoms with Crippen LogP contribution in [0.3, 0.4) is 0 Å². The molecule has 2 heterocycles. The first-order valence-corrected chi connectivity index (χ1v) is 14.1. The van der Waals surface area contributed by atoms with E-state index in [1.165, 1.54) is 16.9 Å². The Bertz CT molecular complexity index is 1220. The molecule has 4 rings (SSSR count). The van der Waals surface area contributed by atoms with Crippen molar-refractivity contribution < 1.29 is 14.3 Å². The van der Waals surface area contributed by atoms with Crippen molar-refractivity contribution in [3.05, 3.63) is 80.2 Å². The third kappa shape index (κ3) is 8.15. The topological polar surface area (TPSA) is 86.8 Å². The quantitative estimate of drug-likeness (QED) is 0.332. The van der Waals surface area contributed by atoms with Gasteiger partial charge in [0.25, 0.3) is 5.91 Å². The van der Waals surface area contributed by atoms with Gasteiger partial charge in [-0.1, -0.05) is 53.5 Å². The summed E-state index contributed by atoms with van der Waals surface area (Å²) in [7, 11) is 1.58. The van der Waals surface area contributed by atoms with Crippen LogP contribution in [0.25, 0.3) is 0 Å². The van der Waals surface area contributed by atoms with E-state index in [9.17, 15) is 9.59 Å². The van der Waals surface area contributed by atoms with Gasteiger partial charge >= 0.3 is 6.03 Å². The van der Waals surface area contributed by atoms with Gasteiger partial charge in [-0.3, -0.25) is 9.69 Å². The molecule has 1 aliphatic heterocycles. The third-order valence-electron chi connectivity index (χ3n) is 6.31. The van der Waals surface area contributed by atoms with E-state index in [1.54, 1.807) is 35.6 Å². The summed E-state index contributed by atoms with van der Waals surface area (Å²) in [6.45, 7) is 3.75. The average Bonchev–Trinajstić information content (AvgIpc) is 3.39. The number of aromatic nitrogens is 1. The zero-order chi connectivity index (χ0) is 26.9. The molecule has 0 spiro atoms. The standard InChI is InChI=1S/C27H31Cl2N5O3S/c1-37-14-13-34(27(36)31-21-7-8-22(28)23(29)15-21)17-25-32-24(18-38-25)26(35)30-20-9-11-33(12-10-20)16-19-5-3-2-4-6-19/h2-8,15,18,20H,9-14,16-17H2,1H3,(H,30,35)(H,31,36). The first-order chi connectivity index (χ1) is 18.4. The molecule has 3 aromatic rings. The van der Waals surface area contributed by atoms with Crippen LogP contribution in [0.15, 0.2) is 53.9 Å². The summed E-state index contributed by atoms with van der Waals surface area (Å²) in [5.74, 6) is -0.183. The van der Waals surface area contributed by atoms with E-state index in [2.05, 4.69) is 44.8 Å². The maximum absolute atomic E-state index is 12.9. The minimum atomic E-state index is -0.330. The molecule has 0 unspecified atom stereocenters. The summed E-state index contributed by atoms with van der Waals surface area (Å²) in [6, 6.07) is 15.1. The highest BCUT2D eigenvalue weighted by molar-refractivity contribution is 7.09. The van der Waals surface area contributed by atoms with E-state index in [1.807, 2.05) is 6.07 Å². The molecule has 11 heteroatoms. The maximum atomic E-state index is 12.9. The number of nitrogens with zero attached hydrogens (tertiary/aromatic N) is 3. The first-order valence-electron chi connectivity index (χ1n) is 12.4. The maximum Gasteiger partial charge on any atom is 0.322 e. The van der Waals surface area contributed by atoms with Gasteiger partial charge in [-0.05, 0) is 36.6 Å². The molecule has 2 aromatic carbocycles. The molecule has 1 fully saturated rings. The highest BCUT2D eigenvalue weighted by atomic mass is 35.5. The van der Waals surface area contributed by atoms with Gasteiger partial charge in [0, 0.05) is 50.4 Å². The number of nitrogens with one attached hydrogen (secondary N) is 2. The van der Waals surface area contributed by atoms with E-state index in [-0.39, 0.29) is 24.5 Å². The summed E-state index contributed by atoms with van der Waals surface area (Å²) >= 11 is 13.4. The number of carbonyl (C=O) groups excluding carboxylic acids is 2. The molecule has 0 bridgehead atoms. The molecule has 3 amide bonds. The lowest BCUT2D eigenvalue weighted by molar-refractivity contribution is 0.0904. The van der Waals surface area contributed by atoms with Gasteiger partial charge in [-0.15, -0.1) is 11.3 Å². The van der Waals surface area contributed by atoms with Crippen LogP contribution in [0.5, 0.6) is 0 Å². The predicted octanol–water partition coefficient (Wildman–Crippen LogP) is 5.52. The molecule has 2 N–H and O–H groups in total. The molecule has 8 nitrogen and oxygen atoms in total. The monoisotopic (exact) mass is 575 g/mol. The Morgan fingerprint density at radius 3 is 2.61 bits per heavy atom. The number of rotatable bonds is 10. The number of benzene rings is 2. The second kappa shape index (κ2) is 13.9. The Hall–Kier alpha value is -2.69. The smallest absolute Gasteiger partial charge is 0.322 e. The predicted molar refractivity (Wildman–Crippen MR) is 152 cm³/mol. The first kappa shape index (κ1) is 28.3. The van der Waals surface area contributed by atoms with Crippen molar-refractivity contribution in [3.63, 3.8) is 0 Å². The fraction of sp³-hybridized carbons (Fsp3) is 0.370. The Balaban J connectivity index is 1.29. The number of urea groups is 1. The van der Waals surface area contributed by atoms with Crippen LogP contribution >= 0.6 is 34.5 Å². The molecule has 0 atom stereocenters. The van der Waals surface area contributed by atoms with Crippen LogP contribution < -0.4 is 10.6 Å². The summed E-state index contributed by atoms with van der Waals surface area (Å²) < 4.78 is 5.17. The highest BCUT2D eigenvalue weighted by Gasteiger charge is 2.23. The van der Waals surface area contributed by atoms with Crippen LogP contribution in [0.1, 0.15) is 33.9 Å². The Morgan fingerprint density at radius 2 is 1.89 bits per heavy atom. The largest absolute Gasteiger partial charge is 0.383 e. The number of carbonyl (C=O) groups is 2. The molecular weight excluding hydrogens is 545 g/mol. The number of anilines is 1. The van der Waals surface area contributed by atoms with Gasteiger partial charge in [0.1, 0.15) is 10.7 Å². The number of ether oxygens (including phenoxy) is 1. The lowest BCUT2D eigenvalue weighted by Crippen LogP contribution is -2.44. The molecule has 1 saturated heterocycles. The number of hydrogen-bond acceptors (Lipinski definition) is 6. The van der Waals surface area contributed by atoms with E-state index in [0.717, 1.165) is 32.5 Å². The number of hydrogen-bond donors (Lipinski definition) is 2. The van der Waals surface area contributed by atoms with Gasteiger partial charge in [-0.25, -0.2) is 9.78 Å². The van der Waals surface area contributed by atoms with E-state index >= 15 is 0 Å². The summed E-state index contributed by atoms with van der Waals surface area (Å²) in [4.78, 5) is 34.3. The second-order valence-corrected chi connectivity index (χ2v) is 10.9. The van der Waals surface area contributed by atoms with Crippen molar-refractivity contribution in [1.82, 2.24) is 20.1 Å². The van der Waals surface area contributed by atoms with E-state index in [4.69, 9.17) is 27.9 Å². The summed E-state index contributed by atoms with van der Waals surface area (Å²) in [5, 5.41) is 9.11. The molecule has 0 aliphatic carbocycles. The van der Waals surface area contributed by atoms with Crippen LogP contribution in [0.2, 0.25) is 10.0 Å². The number of thiazole rings is 1. The lowest BCUT2D eigenvalue weighted by Gasteiger charge is -2.32. The summed E-state index contributed by atoms with van der Waals surface area (Å²) in [6.07, 6.45) is 1.80. The molecule has 1 aromatic heterocycles. The molecule has 1 aliphatic rings. The zero-order valence-electron chi connectivity index (χ0n) is 21.2.